The molecule has 7 aromatic rings. The Hall–Kier alpha value is -5.73. The lowest BCUT2D eigenvalue weighted by atomic mass is 9.97. The predicted octanol–water partition coefficient (Wildman–Crippen LogP) is 11.2. The highest BCUT2D eigenvalue weighted by Gasteiger charge is 2.16. The molecule has 1 aromatic heterocycles. The first kappa shape index (κ1) is 26.2. The summed E-state index contributed by atoms with van der Waals surface area (Å²) in [5, 5.41) is 0. The quantitative estimate of drug-likeness (QED) is 0.196. The fourth-order valence-corrected chi connectivity index (χ4v) is 5.55. The fourth-order valence-electron chi connectivity index (χ4n) is 5.55. The third-order valence-corrected chi connectivity index (χ3v) is 7.72. The van der Waals surface area contributed by atoms with Crippen LogP contribution in [0.3, 0.4) is 0 Å². The van der Waals surface area contributed by atoms with Crippen molar-refractivity contribution in [2.75, 3.05) is 4.90 Å². The van der Waals surface area contributed by atoms with Gasteiger partial charge in [0, 0.05) is 16.9 Å². The van der Waals surface area contributed by atoms with Gasteiger partial charge >= 0.3 is 0 Å². The number of anilines is 3. The molecule has 204 valence electrons. The molecule has 0 aliphatic heterocycles. The van der Waals surface area contributed by atoms with Crippen molar-refractivity contribution < 1.29 is 0 Å². The van der Waals surface area contributed by atoms with E-state index in [1.807, 2.05) is 12.1 Å². The topological polar surface area (TPSA) is 16.1 Å². The monoisotopic (exact) mass is 550 g/mol. The van der Waals surface area contributed by atoms with Gasteiger partial charge in [-0.3, -0.25) is 4.90 Å². The van der Waals surface area contributed by atoms with Crippen LogP contribution in [-0.2, 0) is 0 Å². The van der Waals surface area contributed by atoms with Crippen molar-refractivity contribution in [1.29, 1.82) is 0 Å². The third-order valence-electron chi connectivity index (χ3n) is 7.72. The maximum absolute atomic E-state index is 5.27. The van der Waals surface area contributed by atoms with Crippen molar-refractivity contribution in [2.24, 2.45) is 0 Å². The lowest BCUT2D eigenvalue weighted by molar-refractivity contribution is 1.18. The molecule has 2 nitrogen and oxygen atoms in total. The molecule has 2 heteroatoms. The first-order chi connectivity index (χ1) is 21.3. The minimum Gasteiger partial charge on any atom is -0.295 e. The molecule has 0 aliphatic carbocycles. The van der Waals surface area contributed by atoms with Gasteiger partial charge in [0.05, 0.1) is 5.69 Å². The van der Waals surface area contributed by atoms with Crippen LogP contribution >= 0.6 is 0 Å². The van der Waals surface area contributed by atoms with Crippen molar-refractivity contribution in [3.05, 3.63) is 182 Å². The number of hydrogen-bond acceptors (Lipinski definition) is 2. The summed E-state index contributed by atoms with van der Waals surface area (Å²) in [4.78, 5) is 7.50. The van der Waals surface area contributed by atoms with Gasteiger partial charge in [0.2, 0.25) is 0 Å². The minimum absolute atomic E-state index is 0.861. The van der Waals surface area contributed by atoms with Crippen LogP contribution in [0.4, 0.5) is 17.2 Å². The third kappa shape index (κ3) is 5.59. The summed E-state index contributed by atoms with van der Waals surface area (Å²) in [5.74, 6) is 0.861. The average Bonchev–Trinajstić information content (AvgIpc) is 3.10. The van der Waals surface area contributed by atoms with E-state index in [1.54, 1.807) is 0 Å². The molecule has 0 aliphatic rings. The van der Waals surface area contributed by atoms with E-state index in [0.717, 1.165) is 28.5 Å². The average molecular weight is 551 g/mol. The molecule has 0 spiro atoms. The molecule has 1 heterocycles. The van der Waals surface area contributed by atoms with Gasteiger partial charge < -0.3 is 0 Å². The molecule has 0 fully saturated rings. The standard InChI is InChI=1S/C41H30N2/c1-4-13-31(14-5-1)33-23-27-36(28-24-33)43(37-29-25-34(26-30-37)32-15-6-2-7-16-32)41-22-12-21-40(42-41)39-20-11-10-19-38(39)35-17-8-3-9-18-35/h1-30H. The molecule has 43 heavy (non-hydrogen) atoms. The summed E-state index contributed by atoms with van der Waals surface area (Å²) in [6.07, 6.45) is 0. The second-order valence-corrected chi connectivity index (χ2v) is 10.5. The van der Waals surface area contributed by atoms with Gasteiger partial charge in [-0.05, 0) is 69.8 Å². The zero-order valence-electron chi connectivity index (χ0n) is 23.7. The number of pyridine rings is 1. The van der Waals surface area contributed by atoms with E-state index < -0.39 is 0 Å². The smallest absolute Gasteiger partial charge is 0.138 e. The van der Waals surface area contributed by atoms with Crippen molar-refractivity contribution >= 4 is 17.2 Å². The van der Waals surface area contributed by atoms with Crippen LogP contribution < -0.4 is 4.90 Å². The number of nitrogens with zero attached hydrogens (tertiary/aromatic N) is 2. The van der Waals surface area contributed by atoms with Gasteiger partial charge in [-0.1, -0.05) is 146 Å². The summed E-state index contributed by atoms with van der Waals surface area (Å²) in [5.41, 5.74) is 11.2. The van der Waals surface area contributed by atoms with Gasteiger partial charge in [0.15, 0.2) is 0 Å². The van der Waals surface area contributed by atoms with Gasteiger partial charge in [0.25, 0.3) is 0 Å². The van der Waals surface area contributed by atoms with E-state index in [9.17, 15) is 0 Å². The van der Waals surface area contributed by atoms with Crippen LogP contribution in [0.1, 0.15) is 0 Å². The van der Waals surface area contributed by atoms with Crippen LogP contribution in [0.25, 0.3) is 44.6 Å². The zero-order valence-corrected chi connectivity index (χ0v) is 23.7. The Morgan fingerprint density at radius 2 is 0.721 bits per heavy atom. The Bertz CT molecular complexity index is 1850. The molecule has 0 saturated heterocycles. The van der Waals surface area contributed by atoms with Crippen molar-refractivity contribution in [3.8, 4) is 44.6 Å². The highest BCUT2D eigenvalue weighted by atomic mass is 15.2. The molecule has 7 rings (SSSR count). The summed E-state index contributed by atoms with van der Waals surface area (Å²) in [6, 6.07) is 63.7. The van der Waals surface area contributed by atoms with Gasteiger partial charge in [0.1, 0.15) is 5.82 Å². The van der Waals surface area contributed by atoms with Crippen LogP contribution in [-0.4, -0.2) is 4.98 Å². The minimum atomic E-state index is 0.861. The van der Waals surface area contributed by atoms with Crippen LogP contribution in [0.5, 0.6) is 0 Å². The van der Waals surface area contributed by atoms with E-state index in [-0.39, 0.29) is 0 Å². The molecule has 0 saturated carbocycles. The number of benzene rings is 6. The SMILES string of the molecule is c1ccc(-c2ccc(N(c3ccc(-c4ccccc4)cc3)c3cccc(-c4ccccc4-c4ccccc4)n3)cc2)cc1. The van der Waals surface area contributed by atoms with E-state index in [0.29, 0.717) is 0 Å². The van der Waals surface area contributed by atoms with Crippen molar-refractivity contribution in [3.63, 3.8) is 0 Å². The number of hydrogen-bond donors (Lipinski definition) is 0. The molecule has 0 amide bonds. The highest BCUT2D eigenvalue weighted by molar-refractivity contribution is 5.84. The Morgan fingerprint density at radius 1 is 0.302 bits per heavy atom. The second kappa shape index (κ2) is 12.0. The normalized spacial score (nSPS) is 10.8. The van der Waals surface area contributed by atoms with E-state index >= 15 is 0 Å². The van der Waals surface area contributed by atoms with Gasteiger partial charge in [-0.15, -0.1) is 0 Å². The lowest BCUT2D eigenvalue weighted by Gasteiger charge is -2.25. The fraction of sp³-hybridized carbons (Fsp3) is 0. The van der Waals surface area contributed by atoms with E-state index in [1.165, 1.54) is 33.4 Å². The van der Waals surface area contributed by atoms with Gasteiger partial charge in [-0.2, -0.15) is 0 Å². The van der Waals surface area contributed by atoms with Crippen LogP contribution in [0.15, 0.2) is 182 Å². The zero-order chi connectivity index (χ0) is 28.8. The molecular weight excluding hydrogens is 520 g/mol. The first-order valence-corrected chi connectivity index (χ1v) is 14.6. The van der Waals surface area contributed by atoms with E-state index in [4.69, 9.17) is 4.98 Å². The van der Waals surface area contributed by atoms with E-state index in [2.05, 4.69) is 175 Å². The molecule has 0 radical (unpaired) electrons. The lowest BCUT2D eigenvalue weighted by Crippen LogP contribution is -2.12. The summed E-state index contributed by atoms with van der Waals surface area (Å²) >= 11 is 0. The Kier molecular flexibility index (Phi) is 7.32. The second-order valence-electron chi connectivity index (χ2n) is 10.5. The summed E-state index contributed by atoms with van der Waals surface area (Å²) in [7, 11) is 0. The van der Waals surface area contributed by atoms with Crippen LogP contribution in [0, 0.1) is 0 Å². The maximum atomic E-state index is 5.27. The summed E-state index contributed by atoms with van der Waals surface area (Å²) < 4.78 is 0. The Balaban J connectivity index is 1.32. The van der Waals surface area contributed by atoms with Crippen molar-refractivity contribution in [1.82, 2.24) is 4.98 Å². The summed E-state index contributed by atoms with van der Waals surface area (Å²) in [6.45, 7) is 0. The van der Waals surface area contributed by atoms with Crippen molar-refractivity contribution in [2.45, 2.75) is 0 Å². The molecule has 0 N–H and O–H groups in total. The maximum Gasteiger partial charge on any atom is 0.138 e. The Morgan fingerprint density at radius 3 is 1.23 bits per heavy atom. The first-order valence-electron chi connectivity index (χ1n) is 14.6. The van der Waals surface area contributed by atoms with Crippen LogP contribution in [0.2, 0.25) is 0 Å². The molecule has 0 bridgehead atoms. The van der Waals surface area contributed by atoms with Gasteiger partial charge in [-0.25, -0.2) is 4.98 Å². The molecule has 6 aromatic carbocycles. The largest absolute Gasteiger partial charge is 0.295 e. The molecule has 0 unspecified atom stereocenters. The highest BCUT2D eigenvalue weighted by Crippen LogP contribution is 2.38. The molecular formula is C41H30N2. The Labute approximate surface area is 253 Å². The predicted molar refractivity (Wildman–Crippen MR) is 181 cm³/mol. The molecule has 0 atom stereocenters. The number of aromatic nitrogens is 1. The number of rotatable bonds is 7.